The second-order valence-corrected chi connectivity index (χ2v) is 11.2. The van der Waals surface area contributed by atoms with Gasteiger partial charge in [-0.1, -0.05) is 30.3 Å². The number of hydrogen-bond donors (Lipinski definition) is 0. The summed E-state index contributed by atoms with van der Waals surface area (Å²) in [5.41, 5.74) is 1.40. The van der Waals surface area contributed by atoms with Crippen LogP contribution in [0.15, 0.2) is 30.3 Å². The molecule has 0 aliphatic carbocycles. The molecule has 0 spiro atoms. The third kappa shape index (κ3) is 7.98. The third-order valence-electron chi connectivity index (χ3n) is 4.94. The maximum atomic E-state index is 5.52. The molecule has 6 heteroatoms. The first kappa shape index (κ1) is 22.3. The lowest BCUT2D eigenvalue weighted by atomic mass is 10.2. The van der Waals surface area contributed by atoms with Crippen molar-refractivity contribution in [3.63, 3.8) is 0 Å². The van der Waals surface area contributed by atoms with Crippen molar-refractivity contribution < 1.29 is 22.2 Å². The quantitative estimate of drug-likeness (QED) is 0.418. The van der Waals surface area contributed by atoms with E-state index in [-0.39, 0.29) is 0 Å². The zero-order valence-corrected chi connectivity index (χ0v) is 18.2. The smallest absolute Gasteiger partial charge is 0.377 e. The predicted molar refractivity (Wildman–Crippen MR) is 105 cm³/mol. The number of benzene rings is 1. The van der Waals surface area contributed by atoms with Crippen molar-refractivity contribution in [3.05, 3.63) is 35.9 Å². The molecule has 5 nitrogen and oxygen atoms in total. The van der Waals surface area contributed by atoms with Crippen molar-refractivity contribution >= 4 is 8.80 Å². The largest absolute Gasteiger partial charge is 0.500 e. The summed E-state index contributed by atoms with van der Waals surface area (Å²) in [4.78, 5) is 0. The average molecular weight is 371 g/mol. The normalized spacial score (nSPS) is 13.2. The average Bonchev–Trinajstić information content (AvgIpc) is 2.58. The lowest BCUT2D eigenvalue weighted by molar-refractivity contribution is -0.952. The summed E-state index contributed by atoms with van der Waals surface area (Å²) in [5.74, 6) is 0. The van der Waals surface area contributed by atoms with Crippen molar-refractivity contribution in [2.45, 2.75) is 19.0 Å². The van der Waals surface area contributed by atoms with Crippen molar-refractivity contribution in [2.75, 3.05) is 69.2 Å². The van der Waals surface area contributed by atoms with Crippen LogP contribution in [0.5, 0.6) is 0 Å². The van der Waals surface area contributed by atoms with Crippen LogP contribution in [0, 0.1) is 0 Å². The van der Waals surface area contributed by atoms with Crippen molar-refractivity contribution in [1.29, 1.82) is 0 Å². The zero-order valence-electron chi connectivity index (χ0n) is 17.2. The van der Waals surface area contributed by atoms with Gasteiger partial charge < -0.3 is 22.2 Å². The molecule has 0 heterocycles. The Labute approximate surface area is 155 Å². The molecule has 0 atom stereocenters. The highest BCUT2D eigenvalue weighted by molar-refractivity contribution is 6.60. The van der Waals surface area contributed by atoms with Crippen LogP contribution < -0.4 is 0 Å². The molecule has 25 heavy (non-hydrogen) atoms. The predicted octanol–water partition coefficient (Wildman–Crippen LogP) is 2.61. The third-order valence-corrected chi connectivity index (χ3v) is 7.78. The molecule has 0 fully saturated rings. The van der Waals surface area contributed by atoms with E-state index in [4.69, 9.17) is 13.3 Å². The van der Waals surface area contributed by atoms with Gasteiger partial charge in [-0.15, -0.1) is 0 Å². The molecule has 0 radical (unpaired) electrons. The lowest BCUT2D eigenvalue weighted by Gasteiger charge is -2.36. The summed E-state index contributed by atoms with van der Waals surface area (Å²) in [6.07, 6.45) is 1.04. The Hall–Kier alpha value is -0.763. The Morgan fingerprint density at radius 2 is 1.28 bits per heavy atom. The highest BCUT2D eigenvalue weighted by Gasteiger charge is 2.38. The van der Waals surface area contributed by atoms with Gasteiger partial charge in [-0.3, -0.25) is 0 Å². The van der Waals surface area contributed by atoms with Crippen LogP contribution in [0.3, 0.4) is 0 Å². The number of hydrogen-bond acceptors (Lipinski definition) is 3. The highest BCUT2D eigenvalue weighted by atomic mass is 28.4. The molecule has 0 unspecified atom stereocenters. The van der Waals surface area contributed by atoms with Gasteiger partial charge in [-0.05, 0) is 0 Å². The second kappa shape index (κ2) is 9.80. The number of nitrogens with zero attached hydrogens (tertiary/aromatic N) is 2. The monoisotopic (exact) mass is 370 g/mol. The Morgan fingerprint density at radius 3 is 1.80 bits per heavy atom. The van der Waals surface area contributed by atoms with Gasteiger partial charge >= 0.3 is 8.80 Å². The molecule has 0 aromatic heterocycles. The molecule has 0 bridgehead atoms. The van der Waals surface area contributed by atoms with E-state index < -0.39 is 8.80 Å². The standard InChI is InChI=1S/C19H38N2O3Si/c1-20(2,14-11-17-25(22-5,23-6)24-7)15-16-21(3,4)18-19-12-9-8-10-13-19/h8-10,12-13H,11,14-18H2,1-7H3/q+2. The summed E-state index contributed by atoms with van der Waals surface area (Å²) in [5, 5.41) is 0. The number of quaternary nitrogens is 2. The Bertz CT molecular complexity index is 482. The molecule has 0 aliphatic heterocycles. The van der Waals surface area contributed by atoms with Gasteiger partial charge in [-0.2, -0.15) is 0 Å². The second-order valence-electron chi connectivity index (χ2n) is 8.08. The van der Waals surface area contributed by atoms with Crippen LogP contribution in [-0.2, 0) is 19.8 Å². The maximum Gasteiger partial charge on any atom is 0.500 e. The van der Waals surface area contributed by atoms with Gasteiger partial charge in [0.1, 0.15) is 19.6 Å². The van der Waals surface area contributed by atoms with Crippen LogP contribution in [0.2, 0.25) is 6.04 Å². The Balaban J connectivity index is 2.46. The van der Waals surface area contributed by atoms with E-state index in [2.05, 4.69) is 58.5 Å². The van der Waals surface area contributed by atoms with E-state index in [0.717, 1.165) is 47.6 Å². The molecule has 0 saturated carbocycles. The van der Waals surface area contributed by atoms with Crippen molar-refractivity contribution in [2.24, 2.45) is 0 Å². The lowest BCUT2D eigenvalue weighted by Crippen LogP contribution is -2.51. The fourth-order valence-corrected chi connectivity index (χ4v) is 4.79. The van der Waals surface area contributed by atoms with Crippen LogP contribution in [0.1, 0.15) is 12.0 Å². The number of likely N-dealkylation sites (N-methyl/N-ethyl adjacent to an activating group) is 2. The minimum Gasteiger partial charge on any atom is -0.377 e. The van der Waals surface area contributed by atoms with Crippen molar-refractivity contribution in [1.82, 2.24) is 0 Å². The Kier molecular flexibility index (Phi) is 8.74. The summed E-state index contributed by atoms with van der Waals surface area (Å²) in [7, 11) is 11.8. The van der Waals surface area contributed by atoms with Gasteiger partial charge in [-0.25, -0.2) is 0 Å². The summed E-state index contributed by atoms with van der Waals surface area (Å²) >= 11 is 0. The fraction of sp³-hybridized carbons (Fsp3) is 0.684. The van der Waals surface area contributed by atoms with Gasteiger partial charge in [0.15, 0.2) is 0 Å². The Morgan fingerprint density at radius 1 is 0.760 bits per heavy atom. The molecule has 0 amide bonds. The molecule has 1 rings (SSSR count). The molecule has 144 valence electrons. The van der Waals surface area contributed by atoms with E-state index >= 15 is 0 Å². The van der Waals surface area contributed by atoms with E-state index in [1.54, 1.807) is 21.3 Å². The van der Waals surface area contributed by atoms with Gasteiger partial charge in [0, 0.05) is 39.4 Å². The zero-order chi connectivity index (χ0) is 19.0. The number of rotatable bonds is 12. The van der Waals surface area contributed by atoms with Crippen LogP contribution in [0.4, 0.5) is 0 Å². The first-order valence-corrected chi connectivity index (χ1v) is 10.9. The van der Waals surface area contributed by atoms with Gasteiger partial charge in [0.05, 0.1) is 34.7 Å². The molecular formula is C19H38N2O3Si+2. The van der Waals surface area contributed by atoms with E-state index in [1.807, 2.05) is 0 Å². The highest BCUT2D eigenvalue weighted by Crippen LogP contribution is 2.17. The van der Waals surface area contributed by atoms with Crippen LogP contribution in [0.25, 0.3) is 0 Å². The first-order valence-electron chi connectivity index (χ1n) is 9.01. The molecule has 0 aliphatic rings. The minimum absolute atomic E-state index is 0.862. The van der Waals surface area contributed by atoms with Crippen LogP contribution >= 0.6 is 0 Å². The molecule has 1 aromatic rings. The van der Waals surface area contributed by atoms with Crippen molar-refractivity contribution in [3.8, 4) is 0 Å². The summed E-state index contributed by atoms with van der Waals surface area (Å²) in [6, 6.07) is 11.6. The maximum absolute atomic E-state index is 5.52. The first-order chi connectivity index (χ1) is 11.7. The molecule has 1 aromatic carbocycles. The fourth-order valence-electron chi connectivity index (χ4n) is 3.09. The van der Waals surface area contributed by atoms with E-state index in [0.29, 0.717) is 0 Å². The summed E-state index contributed by atoms with van der Waals surface area (Å²) < 4.78 is 18.5. The molecule has 0 saturated heterocycles. The van der Waals surface area contributed by atoms with E-state index in [9.17, 15) is 0 Å². The minimum atomic E-state index is -2.44. The van der Waals surface area contributed by atoms with E-state index in [1.165, 1.54) is 5.56 Å². The molecular weight excluding hydrogens is 332 g/mol. The van der Waals surface area contributed by atoms with Gasteiger partial charge in [0.2, 0.25) is 0 Å². The van der Waals surface area contributed by atoms with Crippen LogP contribution in [-0.4, -0.2) is 86.9 Å². The SMILES string of the molecule is CO[Si](CCC[N+](C)(C)CC[N+](C)(C)Cc1ccccc1)(OC)OC. The molecule has 0 N–H and O–H groups in total. The topological polar surface area (TPSA) is 27.7 Å². The summed E-state index contributed by atoms with van der Waals surface area (Å²) in [6.45, 7) is 4.44. The van der Waals surface area contributed by atoms with Gasteiger partial charge in [0.25, 0.3) is 0 Å².